The van der Waals surface area contributed by atoms with Gasteiger partial charge in [0.05, 0.1) is 5.69 Å². The molecule has 1 saturated heterocycles. The first-order chi connectivity index (χ1) is 8.70. The molecule has 1 heterocycles. The average Bonchev–Trinajstić information content (AvgIpc) is 2.42. The zero-order valence-electron chi connectivity index (χ0n) is 10.7. The second kappa shape index (κ2) is 5.87. The Hall–Kier alpha value is -1.55. The van der Waals surface area contributed by atoms with Crippen LogP contribution in [-0.2, 0) is 11.2 Å². The number of phenolic OH excluding ortho intramolecular Hbond substituents is 1. The number of nitrogens with one attached hydrogen (secondary N) is 2. The highest BCUT2D eigenvalue weighted by molar-refractivity contribution is 5.94. The van der Waals surface area contributed by atoms with E-state index in [9.17, 15) is 9.90 Å². The number of carbonyl (C=O) groups is 1. The second-order valence-corrected chi connectivity index (χ2v) is 4.72. The monoisotopic (exact) mass is 248 g/mol. The van der Waals surface area contributed by atoms with Crippen molar-refractivity contribution in [2.45, 2.75) is 26.2 Å². The SMILES string of the molecule is CCc1ccc(O)c(NC(=O)C2CCNCC2)c1. The molecule has 3 N–H and O–H groups in total. The number of benzene rings is 1. The van der Waals surface area contributed by atoms with Gasteiger partial charge >= 0.3 is 0 Å². The van der Waals surface area contributed by atoms with Gasteiger partial charge in [0.2, 0.25) is 5.91 Å². The van der Waals surface area contributed by atoms with Crippen molar-refractivity contribution in [3.05, 3.63) is 23.8 Å². The van der Waals surface area contributed by atoms with Crippen LogP contribution < -0.4 is 10.6 Å². The maximum absolute atomic E-state index is 12.1. The fourth-order valence-corrected chi connectivity index (χ4v) is 2.22. The first-order valence-electron chi connectivity index (χ1n) is 6.54. The van der Waals surface area contributed by atoms with Crippen molar-refractivity contribution in [3.63, 3.8) is 0 Å². The van der Waals surface area contributed by atoms with Crippen LogP contribution in [0.1, 0.15) is 25.3 Å². The van der Waals surface area contributed by atoms with Crippen LogP contribution in [0, 0.1) is 5.92 Å². The van der Waals surface area contributed by atoms with E-state index in [-0.39, 0.29) is 17.6 Å². The quantitative estimate of drug-likeness (QED) is 0.716. The average molecular weight is 248 g/mol. The van der Waals surface area contributed by atoms with E-state index < -0.39 is 0 Å². The minimum atomic E-state index is 0.0139. The van der Waals surface area contributed by atoms with E-state index in [0.29, 0.717) is 5.69 Å². The normalized spacial score (nSPS) is 16.5. The van der Waals surface area contributed by atoms with Gasteiger partial charge in [0.25, 0.3) is 0 Å². The van der Waals surface area contributed by atoms with Gasteiger partial charge in [-0.3, -0.25) is 4.79 Å². The van der Waals surface area contributed by atoms with Crippen LogP contribution in [0.15, 0.2) is 18.2 Å². The second-order valence-electron chi connectivity index (χ2n) is 4.72. The molecule has 1 amide bonds. The van der Waals surface area contributed by atoms with Gasteiger partial charge in [0.15, 0.2) is 0 Å². The summed E-state index contributed by atoms with van der Waals surface area (Å²) in [5.74, 6) is 0.200. The summed E-state index contributed by atoms with van der Waals surface area (Å²) in [6, 6.07) is 5.35. The smallest absolute Gasteiger partial charge is 0.227 e. The van der Waals surface area contributed by atoms with Crippen LogP contribution in [0.3, 0.4) is 0 Å². The lowest BCUT2D eigenvalue weighted by Crippen LogP contribution is -2.34. The summed E-state index contributed by atoms with van der Waals surface area (Å²) in [7, 11) is 0. The molecule has 0 bridgehead atoms. The molecule has 1 aliphatic rings. The molecular formula is C14H20N2O2. The molecule has 1 aliphatic heterocycles. The summed E-state index contributed by atoms with van der Waals surface area (Å²) in [5, 5.41) is 15.8. The minimum Gasteiger partial charge on any atom is -0.506 e. The van der Waals surface area contributed by atoms with Crippen molar-refractivity contribution in [2.75, 3.05) is 18.4 Å². The van der Waals surface area contributed by atoms with Gasteiger partial charge in [0.1, 0.15) is 5.75 Å². The van der Waals surface area contributed by atoms with E-state index in [1.165, 1.54) is 0 Å². The molecule has 0 saturated carbocycles. The standard InChI is InChI=1S/C14H20N2O2/c1-2-10-3-4-13(17)12(9-10)16-14(18)11-5-7-15-8-6-11/h3-4,9,11,15,17H,2,5-8H2,1H3,(H,16,18). The van der Waals surface area contributed by atoms with Crippen LogP contribution in [0.4, 0.5) is 5.69 Å². The number of piperidine rings is 1. The zero-order valence-corrected chi connectivity index (χ0v) is 10.7. The Morgan fingerprint density at radius 2 is 2.17 bits per heavy atom. The molecule has 18 heavy (non-hydrogen) atoms. The highest BCUT2D eigenvalue weighted by atomic mass is 16.3. The molecule has 0 aliphatic carbocycles. The van der Waals surface area contributed by atoms with Crippen LogP contribution >= 0.6 is 0 Å². The van der Waals surface area contributed by atoms with Crippen LogP contribution in [0.5, 0.6) is 5.75 Å². The number of phenols is 1. The fourth-order valence-electron chi connectivity index (χ4n) is 2.22. The van der Waals surface area contributed by atoms with Crippen LogP contribution in [0.2, 0.25) is 0 Å². The molecule has 0 aromatic heterocycles. The predicted molar refractivity (Wildman–Crippen MR) is 71.7 cm³/mol. The molecule has 2 rings (SSSR count). The Labute approximate surface area is 107 Å². The summed E-state index contributed by atoms with van der Waals surface area (Å²) in [4.78, 5) is 12.1. The third-order valence-corrected chi connectivity index (χ3v) is 3.44. The first kappa shape index (κ1) is 12.9. The fraction of sp³-hybridized carbons (Fsp3) is 0.500. The van der Waals surface area contributed by atoms with Crippen molar-refractivity contribution >= 4 is 11.6 Å². The van der Waals surface area contributed by atoms with Gasteiger partial charge in [0, 0.05) is 5.92 Å². The number of rotatable bonds is 3. The van der Waals surface area contributed by atoms with Crippen molar-refractivity contribution in [1.29, 1.82) is 0 Å². The number of hydrogen-bond donors (Lipinski definition) is 3. The maximum Gasteiger partial charge on any atom is 0.227 e. The Morgan fingerprint density at radius 3 is 2.83 bits per heavy atom. The highest BCUT2D eigenvalue weighted by Gasteiger charge is 2.21. The lowest BCUT2D eigenvalue weighted by molar-refractivity contribution is -0.120. The summed E-state index contributed by atoms with van der Waals surface area (Å²) in [6.45, 7) is 3.82. The molecule has 0 spiro atoms. The molecule has 4 heteroatoms. The number of anilines is 1. The van der Waals surface area contributed by atoms with Crippen molar-refractivity contribution in [3.8, 4) is 5.75 Å². The van der Waals surface area contributed by atoms with Gasteiger partial charge in [-0.15, -0.1) is 0 Å². The van der Waals surface area contributed by atoms with Crippen LogP contribution in [-0.4, -0.2) is 24.1 Å². The molecule has 1 aromatic rings. The Morgan fingerprint density at radius 1 is 1.44 bits per heavy atom. The number of carbonyl (C=O) groups excluding carboxylic acids is 1. The lowest BCUT2D eigenvalue weighted by Gasteiger charge is -2.22. The maximum atomic E-state index is 12.1. The third kappa shape index (κ3) is 3.01. The van der Waals surface area contributed by atoms with Gasteiger partial charge in [-0.25, -0.2) is 0 Å². The molecule has 0 atom stereocenters. The van der Waals surface area contributed by atoms with E-state index in [1.807, 2.05) is 19.1 Å². The molecule has 98 valence electrons. The third-order valence-electron chi connectivity index (χ3n) is 3.44. The topological polar surface area (TPSA) is 61.4 Å². The number of hydrogen-bond acceptors (Lipinski definition) is 3. The number of aromatic hydroxyl groups is 1. The molecule has 1 aromatic carbocycles. The summed E-state index contributed by atoms with van der Waals surface area (Å²) in [6.07, 6.45) is 2.61. The van der Waals surface area contributed by atoms with Crippen molar-refractivity contribution < 1.29 is 9.90 Å². The summed E-state index contributed by atoms with van der Waals surface area (Å²) < 4.78 is 0. The number of aryl methyl sites for hydroxylation is 1. The van der Waals surface area contributed by atoms with Gasteiger partial charge in [-0.2, -0.15) is 0 Å². The van der Waals surface area contributed by atoms with Crippen LogP contribution in [0.25, 0.3) is 0 Å². The first-order valence-corrected chi connectivity index (χ1v) is 6.54. The van der Waals surface area contributed by atoms with E-state index in [1.54, 1.807) is 6.07 Å². The minimum absolute atomic E-state index is 0.0139. The molecule has 0 unspecified atom stereocenters. The van der Waals surface area contributed by atoms with E-state index in [0.717, 1.165) is 37.9 Å². The lowest BCUT2D eigenvalue weighted by atomic mass is 9.97. The van der Waals surface area contributed by atoms with E-state index in [4.69, 9.17) is 0 Å². The van der Waals surface area contributed by atoms with Gasteiger partial charge in [-0.1, -0.05) is 13.0 Å². The molecule has 1 fully saturated rings. The van der Waals surface area contributed by atoms with Gasteiger partial charge in [-0.05, 0) is 50.0 Å². The molecule has 4 nitrogen and oxygen atoms in total. The summed E-state index contributed by atoms with van der Waals surface area (Å²) in [5.41, 5.74) is 1.63. The molecule has 0 radical (unpaired) electrons. The molecular weight excluding hydrogens is 228 g/mol. The van der Waals surface area contributed by atoms with E-state index >= 15 is 0 Å². The Bertz CT molecular complexity index is 426. The van der Waals surface area contributed by atoms with Crippen molar-refractivity contribution in [2.24, 2.45) is 5.92 Å². The Kier molecular flexibility index (Phi) is 4.20. The summed E-state index contributed by atoms with van der Waals surface area (Å²) >= 11 is 0. The van der Waals surface area contributed by atoms with Gasteiger partial charge < -0.3 is 15.7 Å². The largest absolute Gasteiger partial charge is 0.506 e. The van der Waals surface area contributed by atoms with Crippen molar-refractivity contribution in [1.82, 2.24) is 5.32 Å². The number of amides is 1. The zero-order chi connectivity index (χ0) is 13.0. The predicted octanol–water partition coefficient (Wildman–Crippen LogP) is 1.89. The highest BCUT2D eigenvalue weighted by Crippen LogP contribution is 2.26. The Balaban J connectivity index is 2.05. The van der Waals surface area contributed by atoms with E-state index in [2.05, 4.69) is 10.6 Å².